The summed E-state index contributed by atoms with van der Waals surface area (Å²) < 4.78 is 62.2. The summed E-state index contributed by atoms with van der Waals surface area (Å²) in [5.41, 5.74) is 0.105. The van der Waals surface area contributed by atoms with Crippen molar-refractivity contribution < 1.29 is 21.9 Å². The molecule has 0 aliphatic rings. The van der Waals surface area contributed by atoms with Gasteiger partial charge in [0.2, 0.25) is 5.88 Å². The Morgan fingerprint density at radius 1 is 1.00 bits per heavy atom. The number of nitrogens with zero attached hydrogens (tertiary/aromatic N) is 4. The van der Waals surface area contributed by atoms with E-state index in [-0.39, 0.29) is 11.6 Å². The molecule has 1 N–H and O–H groups in total. The smallest absolute Gasteiger partial charge is 0.267 e. The normalized spacial score (nSPS) is 11.4. The van der Waals surface area contributed by atoms with Crippen LogP contribution in [-0.4, -0.2) is 27.9 Å². The maximum atomic E-state index is 13.9. The lowest BCUT2D eigenvalue weighted by Gasteiger charge is -2.11. The third-order valence-electron chi connectivity index (χ3n) is 4.39. The summed E-state index contributed by atoms with van der Waals surface area (Å²) in [4.78, 5) is 11.7. The van der Waals surface area contributed by atoms with Crippen LogP contribution in [0.1, 0.15) is 11.6 Å². The van der Waals surface area contributed by atoms with E-state index < -0.39 is 26.6 Å². The van der Waals surface area contributed by atoms with E-state index in [1.165, 1.54) is 24.3 Å². The Bertz CT molecular complexity index is 1370. The number of nitrogens with one attached hydrogen (secondary N) is 1. The monoisotopic (exact) mass is 457 g/mol. The van der Waals surface area contributed by atoms with Gasteiger partial charge >= 0.3 is 0 Å². The maximum absolute atomic E-state index is 13.9. The number of ether oxygens (including phenoxy) is 1. The van der Waals surface area contributed by atoms with Gasteiger partial charge in [0.15, 0.2) is 4.90 Å². The molecule has 164 valence electrons. The quantitative estimate of drug-likeness (QED) is 0.467. The standard InChI is InChI=1S/C21H17F2N5O3S/c1-13-25-19(28-11-10-24-14(28)2)12-20(26-13)31-16-8-6-15(7-9-16)27-32(29,30)21-17(22)4-3-5-18(21)23/h3-12,27H,1-2H3. The number of benzene rings is 2. The van der Waals surface area contributed by atoms with Gasteiger partial charge in [-0.15, -0.1) is 0 Å². The number of hydrogen-bond acceptors (Lipinski definition) is 6. The Kier molecular flexibility index (Phi) is 5.57. The van der Waals surface area contributed by atoms with Crippen LogP contribution >= 0.6 is 0 Å². The number of sulfonamides is 1. The fraction of sp³-hybridized carbons (Fsp3) is 0.0952. The average Bonchev–Trinajstić information content (AvgIpc) is 3.14. The van der Waals surface area contributed by atoms with E-state index in [0.29, 0.717) is 17.4 Å². The summed E-state index contributed by atoms with van der Waals surface area (Å²) in [7, 11) is -4.46. The van der Waals surface area contributed by atoms with Crippen LogP contribution in [0.25, 0.3) is 5.82 Å². The van der Waals surface area contributed by atoms with Gasteiger partial charge in [0.05, 0.1) is 0 Å². The van der Waals surface area contributed by atoms with E-state index in [9.17, 15) is 17.2 Å². The summed E-state index contributed by atoms with van der Waals surface area (Å²) in [6.45, 7) is 3.56. The van der Waals surface area contributed by atoms with E-state index >= 15 is 0 Å². The Hall–Kier alpha value is -3.86. The van der Waals surface area contributed by atoms with Crippen molar-refractivity contribution in [3.63, 3.8) is 0 Å². The van der Waals surface area contributed by atoms with Gasteiger partial charge < -0.3 is 4.74 Å². The van der Waals surface area contributed by atoms with Gasteiger partial charge in [-0.25, -0.2) is 27.2 Å². The fourth-order valence-corrected chi connectivity index (χ4v) is 4.18. The van der Waals surface area contributed by atoms with Gasteiger partial charge in [-0.3, -0.25) is 9.29 Å². The van der Waals surface area contributed by atoms with E-state index in [2.05, 4.69) is 19.7 Å². The number of rotatable bonds is 6. The molecule has 8 nitrogen and oxygen atoms in total. The van der Waals surface area contributed by atoms with Crippen molar-refractivity contribution in [3.8, 4) is 17.4 Å². The van der Waals surface area contributed by atoms with Crippen molar-refractivity contribution in [2.75, 3.05) is 4.72 Å². The molecule has 0 saturated heterocycles. The highest BCUT2D eigenvalue weighted by Gasteiger charge is 2.23. The van der Waals surface area contributed by atoms with Crippen LogP contribution in [0.15, 0.2) is 65.8 Å². The average molecular weight is 457 g/mol. The zero-order valence-electron chi connectivity index (χ0n) is 17.0. The first-order chi connectivity index (χ1) is 15.2. The molecule has 2 heterocycles. The lowest BCUT2D eigenvalue weighted by Crippen LogP contribution is -2.16. The lowest BCUT2D eigenvalue weighted by atomic mass is 10.3. The Morgan fingerprint density at radius 2 is 1.69 bits per heavy atom. The number of hydrogen-bond donors (Lipinski definition) is 1. The molecule has 0 unspecified atom stereocenters. The van der Waals surface area contributed by atoms with Crippen LogP contribution in [0.2, 0.25) is 0 Å². The zero-order valence-corrected chi connectivity index (χ0v) is 17.8. The van der Waals surface area contributed by atoms with Crippen LogP contribution in [0.5, 0.6) is 11.6 Å². The second kappa shape index (κ2) is 8.35. The molecule has 11 heteroatoms. The zero-order chi connectivity index (χ0) is 22.9. The highest BCUT2D eigenvalue weighted by atomic mass is 32.2. The number of aryl methyl sites for hydroxylation is 2. The van der Waals surface area contributed by atoms with Gasteiger partial charge in [-0.05, 0) is 50.2 Å². The topological polar surface area (TPSA) is 99.0 Å². The number of anilines is 1. The van der Waals surface area contributed by atoms with Gasteiger partial charge in [0.1, 0.15) is 34.9 Å². The molecule has 2 aromatic carbocycles. The molecule has 0 aliphatic carbocycles. The minimum Gasteiger partial charge on any atom is -0.439 e. The Morgan fingerprint density at radius 3 is 2.31 bits per heavy atom. The molecule has 0 spiro atoms. The highest BCUT2D eigenvalue weighted by Crippen LogP contribution is 2.26. The van der Waals surface area contributed by atoms with Crippen molar-refractivity contribution in [3.05, 3.63) is 84.2 Å². The van der Waals surface area contributed by atoms with Crippen molar-refractivity contribution in [2.24, 2.45) is 0 Å². The van der Waals surface area contributed by atoms with E-state index in [1.807, 2.05) is 6.92 Å². The molecule has 0 fully saturated rings. The van der Waals surface area contributed by atoms with E-state index in [4.69, 9.17) is 4.74 Å². The van der Waals surface area contributed by atoms with Crippen LogP contribution < -0.4 is 9.46 Å². The predicted molar refractivity (Wildman–Crippen MR) is 112 cm³/mol. The molecule has 0 aliphatic heterocycles. The van der Waals surface area contributed by atoms with Crippen LogP contribution in [0.3, 0.4) is 0 Å². The Balaban J connectivity index is 1.54. The predicted octanol–water partition coefficient (Wildman–Crippen LogP) is 4.15. The van der Waals surface area contributed by atoms with Gasteiger partial charge in [0, 0.05) is 24.1 Å². The summed E-state index contributed by atoms with van der Waals surface area (Å²) in [6, 6.07) is 10.3. The first-order valence-corrected chi connectivity index (χ1v) is 10.8. The summed E-state index contributed by atoms with van der Waals surface area (Å²) in [5.74, 6) is 0.109. The van der Waals surface area contributed by atoms with Crippen LogP contribution in [-0.2, 0) is 10.0 Å². The molecule has 32 heavy (non-hydrogen) atoms. The molecule has 0 bridgehead atoms. The van der Waals surface area contributed by atoms with Crippen molar-refractivity contribution in [1.29, 1.82) is 0 Å². The minimum atomic E-state index is -4.46. The van der Waals surface area contributed by atoms with Crippen LogP contribution in [0, 0.1) is 25.5 Å². The second-order valence-corrected chi connectivity index (χ2v) is 8.36. The largest absolute Gasteiger partial charge is 0.439 e. The van der Waals surface area contributed by atoms with Gasteiger partial charge in [0.25, 0.3) is 10.0 Å². The molecule has 0 saturated carbocycles. The number of halogens is 2. The second-order valence-electron chi connectivity index (χ2n) is 6.74. The first-order valence-electron chi connectivity index (χ1n) is 9.34. The van der Waals surface area contributed by atoms with Gasteiger partial charge in [-0.1, -0.05) is 6.07 Å². The Labute approximate surface area is 182 Å². The lowest BCUT2D eigenvalue weighted by molar-refractivity contribution is 0.459. The summed E-state index contributed by atoms with van der Waals surface area (Å²) >= 11 is 0. The molecular formula is C21H17F2N5O3S. The number of imidazole rings is 1. The molecule has 4 rings (SSSR count). The minimum absolute atomic E-state index is 0.105. The first kappa shape index (κ1) is 21.4. The van der Waals surface area contributed by atoms with E-state index in [1.54, 1.807) is 30.0 Å². The van der Waals surface area contributed by atoms with Crippen molar-refractivity contribution in [2.45, 2.75) is 18.7 Å². The maximum Gasteiger partial charge on any atom is 0.267 e. The fourth-order valence-electron chi connectivity index (χ4n) is 2.98. The van der Waals surface area contributed by atoms with Crippen LogP contribution in [0.4, 0.5) is 14.5 Å². The molecule has 2 aromatic heterocycles. The van der Waals surface area contributed by atoms with Gasteiger partial charge in [-0.2, -0.15) is 4.98 Å². The van der Waals surface area contributed by atoms with E-state index in [0.717, 1.165) is 24.0 Å². The number of aromatic nitrogens is 4. The SMILES string of the molecule is Cc1nc(Oc2ccc(NS(=O)(=O)c3c(F)cccc3F)cc2)cc(-n2ccnc2C)n1. The summed E-state index contributed by atoms with van der Waals surface area (Å²) in [6.07, 6.45) is 3.42. The molecule has 0 atom stereocenters. The van der Waals surface area contributed by atoms with Crippen molar-refractivity contribution >= 4 is 15.7 Å². The third kappa shape index (κ3) is 4.42. The molecule has 0 radical (unpaired) electrons. The van der Waals surface area contributed by atoms with Crippen molar-refractivity contribution in [1.82, 2.24) is 19.5 Å². The summed E-state index contributed by atoms with van der Waals surface area (Å²) in [5, 5.41) is 0. The molecule has 4 aromatic rings. The molecule has 0 amide bonds. The highest BCUT2D eigenvalue weighted by molar-refractivity contribution is 7.92. The third-order valence-corrected chi connectivity index (χ3v) is 5.82. The molecular weight excluding hydrogens is 440 g/mol.